The van der Waals surface area contributed by atoms with E-state index in [0.29, 0.717) is 52.9 Å². The van der Waals surface area contributed by atoms with Crippen LogP contribution in [0.4, 0.5) is 10.1 Å². The fourth-order valence-corrected chi connectivity index (χ4v) is 3.68. The number of likely N-dealkylation sites (tertiary alicyclic amines) is 1. The first-order chi connectivity index (χ1) is 14.8. The predicted molar refractivity (Wildman–Crippen MR) is 117 cm³/mol. The maximum atomic E-state index is 14.5. The smallest absolute Gasteiger partial charge is 0.280 e. The summed E-state index contributed by atoms with van der Waals surface area (Å²) in [5.41, 5.74) is 1.74. The summed E-state index contributed by atoms with van der Waals surface area (Å²) in [6.45, 7) is 3.02. The molecule has 0 atom stereocenters. The normalized spacial score (nSPS) is 14.1. The van der Waals surface area contributed by atoms with Gasteiger partial charge < -0.3 is 15.1 Å². The van der Waals surface area contributed by atoms with Gasteiger partial charge in [-0.25, -0.2) is 14.1 Å². The summed E-state index contributed by atoms with van der Waals surface area (Å²) in [5.74, 6) is -0.115. The zero-order valence-electron chi connectivity index (χ0n) is 17.9. The van der Waals surface area contributed by atoms with Crippen molar-refractivity contribution >= 4 is 11.6 Å². The Hall–Kier alpha value is -3.46. The van der Waals surface area contributed by atoms with Gasteiger partial charge in [0, 0.05) is 38.6 Å². The maximum absolute atomic E-state index is 14.5. The molecule has 0 bridgehead atoms. The number of H-pyrrole nitrogens is 1. The molecule has 4 rings (SSSR count). The molecular formula is C22H25FN6O2. The Balaban J connectivity index is 1.57. The van der Waals surface area contributed by atoms with Gasteiger partial charge in [-0.15, -0.1) is 0 Å². The number of nitrogens with one attached hydrogen (secondary N) is 2. The van der Waals surface area contributed by atoms with Crippen LogP contribution in [0.1, 0.15) is 15.9 Å². The molecule has 1 fully saturated rings. The molecule has 31 heavy (non-hydrogen) atoms. The van der Waals surface area contributed by atoms with E-state index in [1.807, 2.05) is 14.1 Å². The topological polar surface area (TPSA) is 86.3 Å². The van der Waals surface area contributed by atoms with Gasteiger partial charge in [0.25, 0.3) is 11.5 Å². The van der Waals surface area contributed by atoms with Crippen molar-refractivity contribution in [2.45, 2.75) is 13.0 Å². The van der Waals surface area contributed by atoms with Crippen molar-refractivity contribution in [3.05, 3.63) is 64.0 Å². The number of nitrogens with zero attached hydrogens (tertiary/aromatic N) is 4. The minimum Gasteiger partial charge on any atom is -0.386 e. The second-order valence-corrected chi connectivity index (χ2v) is 7.91. The number of anilines is 1. The molecule has 9 heteroatoms. The number of carbonyl (C=O) groups is 1. The lowest BCUT2D eigenvalue weighted by molar-refractivity contribution is 0.0399. The highest BCUT2D eigenvalue weighted by molar-refractivity contribution is 5.94. The monoisotopic (exact) mass is 424 g/mol. The first-order valence-corrected chi connectivity index (χ1v) is 10.0. The first-order valence-electron chi connectivity index (χ1n) is 10.0. The van der Waals surface area contributed by atoms with Crippen LogP contribution in [0.5, 0.6) is 0 Å². The Kier molecular flexibility index (Phi) is 5.36. The van der Waals surface area contributed by atoms with Crippen LogP contribution in [0.2, 0.25) is 0 Å². The van der Waals surface area contributed by atoms with Gasteiger partial charge in [0.05, 0.1) is 16.8 Å². The van der Waals surface area contributed by atoms with Gasteiger partial charge in [-0.05, 0) is 50.3 Å². The molecule has 1 aliphatic heterocycles. The Morgan fingerprint density at radius 1 is 1.23 bits per heavy atom. The second-order valence-electron chi connectivity index (χ2n) is 7.91. The third-order valence-electron chi connectivity index (χ3n) is 5.82. The largest absolute Gasteiger partial charge is 0.386 e. The lowest BCUT2D eigenvalue weighted by Crippen LogP contribution is -2.59. The highest BCUT2D eigenvalue weighted by atomic mass is 19.1. The molecule has 0 unspecified atom stereocenters. The number of amides is 1. The zero-order valence-corrected chi connectivity index (χ0v) is 17.9. The molecule has 0 aliphatic carbocycles. The van der Waals surface area contributed by atoms with Gasteiger partial charge in [-0.1, -0.05) is 6.07 Å². The number of carbonyl (C=O) groups excluding carboxylic acids is 1. The third-order valence-corrected chi connectivity index (χ3v) is 5.82. The number of rotatable bonds is 5. The van der Waals surface area contributed by atoms with Gasteiger partial charge in [-0.3, -0.25) is 14.7 Å². The fourth-order valence-electron chi connectivity index (χ4n) is 3.68. The van der Waals surface area contributed by atoms with E-state index < -0.39 is 5.82 Å². The molecule has 1 aromatic carbocycles. The van der Waals surface area contributed by atoms with E-state index in [9.17, 15) is 14.0 Å². The summed E-state index contributed by atoms with van der Waals surface area (Å²) in [6.07, 6.45) is 3.01. The number of benzene rings is 1. The molecule has 2 aromatic heterocycles. The summed E-state index contributed by atoms with van der Waals surface area (Å²) in [7, 11) is 5.63. The van der Waals surface area contributed by atoms with Crippen LogP contribution in [0, 0.1) is 12.7 Å². The molecule has 1 amide bonds. The Bertz CT molecular complexity index is 1180. The average Bonchev–Trinajstić information content (AvgIpc) is 3.09. The number of aromatic amines is 1. The van der Waals surface area contributed by atoms with Gasteiger partial charge in [-0.2, -0.15) is 0 Å². The SMILES string of the molecule is CNc1ccc(-c2c[nH]n(-c3ccc(C(=O)N4CC(N(C)C)C4)cn3)c2=O)c(C)c1F. The van der Waals surface area contributed by atoms with E-state index in [4.69, 9.17) is 0 Å². The number of halogens is 1. The zero-order chi connectivity index (χ0) is 22.3. The number of likely N-dealkylation sites (N-methyl/N-ethyl adjacent to an activating group) is 1. The molecule has 3 aromatic rings. The highest BCUT2D eigenvalue weighted by Gasteiger charge is 2.32. The lowest BCUT2D eigenvalue weighted by atomic mass is 10.0. The molecule has 0 radical (unpaired) electrons. The van der Waals surface area contributed by atoms with Crippen molar-refractivity contribution in [1.82, 2.24) is 24.6 Å². The van der Waals surface area contributed by atoms with Crippen molar-refractivity contribution in [2.24, 2.45) is 0 Å². The van der Waals surface area contributed by atoms with Crippen LogP contribution < -0.4 is 10.9 Å². The van der Waals surface area contributed by atoms with Crippen LogP contribution in [0.3, 0.4) is 0 Å². The molecule has 3 heterocycles. The minimum atomic E-state index is -0.393. The Labute approximate surface area is 179 Å². The number of hydrogen-bond donors (Lipinski definition) is 2. The van der Waals surface area contributed by atoms with Crippen molar-refractivity contribution < 1.29 is 9.18 Å². The minimum absolute atomic E-state index is 0.0765. The van der Waals surface area contributed by atoms with E-state index in [0.717, 1.165) is 0 Å². The predicted octanol–water partition coefficient (Wildman–Crippen LogP) is 2.10. The molecule has 1 aliphatic rings. The molecule has 1 saturated heterocycles. The van der Waals surface area contributed by atoms with Gasteiger partial charge in [0.2, 0.25) is 0 Å². The van der Waals surface area contributed by atoms with E-state index >= 15 is 0 Å². The second kappa shape index (κ2) is 7.99. The standard InChI is InChI=1S/C22H25FN6O2/c1-13-16(6-7-18(24-2)20(13)23)17-10-26-29(22(17)31)19-8-5-14(9-25-19)21(30)28-11-15(12-28)27(3)4/h5-10,15,24,26H,11-12H2,1-4H3. The molecule has 0 saturated carbocycles. The summed E-state index contributed by atoms with van der Waals surface area (Å²) in [4.78, 5) is 33.7. The lowest BCUT2D eigenvalue weighted by Gasteiger charge is -2.42. The Morgan fingerprint density at radius 2 is 1.97 bits per heavy atom. The van der Waals surface area contributed by atoms with Crippen LogP contribution in [-0.2, 0) is 0 Å². The van der Waals surface area contributed by atoms with Crippen LogP contribution in [-0.4, -0.2) is 70.7 Å². The van der Waals surface area contributed by atoms with Crippen LogP contribution in [0.25, 0.3) is 16.9 Å². The summed E-state index contributed by atoms with van der Waals surface area (Å²) < 4.78 is 15.7. The van der Waals surface area contributed by atoms with Crippen molar-refractivity contribution in [2.75, 3.05) is 39.5 Å². The Morgan fingerprint density at radius 3 is 2.58 bits per heavy atom. The van der Waals surface area contributed by atoms with Crippen molar-refractivity contribution in [3.8, 4) is 16.9 Å². The van der Waals surface area contributed by atoms with Crippen LogP contribution in [0.15, 0.2) is 41.5 Å². The van der Waals surface area contributed by atoms with Crippen LogP contribution >= 0.6 is 0 Å². The molecular weight excluding hydrogens is 399 g/mol. The van der Waals surface area contributed by atoms with Gasteiger partial charge in [0.1, 0.15) is 5.82 Å². The molecule has 162 valence electrons. The third kappa shape index (κ3) is 3.61. The van der Waals surface area contributed by atoms with E-state index in [2.05, 4.69) is 20.3 Å². The molecule has 0 spiro atoms. The number of aromatic nitrogens is 3. The average molecular weight is 424 g/mol. The maximum Gasteiger partial charge on any atom is 0.280 e. The summed E-state index contributed by atoms with van der Waals surface area (Å²) in [5, 5.41) is 5.67. The molecule has 2 N–H and O–H groups in total. The van der Waals surface area contributed by atoms with Gasteiger partial charge >= 0.3 is 0 Å². The van der Waals surface area contributed by atoms with E-state index in [1.54, 1.807) is 43.1 Å². The van der Waals surface area contributed by atoms with Crippen molar-refractivity contribution in [1.29, 1.82) is 0 Å². The highest BCUT2D eigenvalue weighted by Crippen LogP contribution is 2.27. The molecule has 8 nitrogen and oxygen atoms in total. The quantitative estimate of drug-likeness (QED) is 0.655. The first kappa shape index (κ1) is 20.8. The van der Waals surface area contributed by atoms with E-state index in [1.165, 1.54) is 17.1 Å². The number of hydrogen-bond acceptors (Lipinski definition) is 5. The van der Waals surface area contributed by atoms with Crippen molar-refractivity contribution in [3.63, 3.8) is 0 Å². The summed E-state index contributed by atoms with van der Waals surface area (Å²) >= 11 is 0. The fraction of sp³-hybridized carbons (Fsp3) is 0.318. The summed E-state index contributed by atoms with van der Waals surface area (Å²) in [6, 6.07) is 6.97. The van der Waals surface area contributed by atoms with Gasteiger partial charge in [0.15, 0.2) is 5.82 Å². The number of pyridine rings is 1. The van der Waals surface area contributed by atoms with E-state index in [-0.39, 0.29) is 11.5 Å².